The molecule has 148 valence electrons. The van der Waals surface area contributed by atoms with Crippen molar-refractivity contribution in [3.05, 3.63) is 90.2 Å². The lowest BCUT2D eigenvalue weighted by atomic mass is 10.2. The maximum atomic E-state index is 12.9. The van der Waals surface area contributed by atoms with E-state index in [-0.39, 0.29) is 18.2 Å². The van der Waals surface area contributed by atoms with Gasteiger partial charge in [-0.05, 0) is 57.4 Å². The highest BCUT2D eigenvalue weighted by Crippen LogP contribution is 2.27. The lowest BCUT2D eigenvalue weighted by Gasteiger charge is -2.09. The first-order valence-corrected chi connectivity index (χ1v) is 8.95. The van der Waals surface area contributed by atoms with Crippen LogP contribution in [-0.4, -0.2) is 20.0 Å². The second-order valence-electron chi connectivity index (χ2n) is 5.82. The monoisotopic (exact) mass is 461 g/mol. The minimum Gasteiger partial charge on any atom is -0.488 e. The molecule has 0 fully saturated rings. The van der Waals surface area contributed by atoms with E-state index in [1.54, 1.807) is 36.4 Å². The summed E-state index contributed by atoms with van der Waals surface area (Å²) in [7, 11) is 0. The molecule has 3 rings (SSSR count). The summed E-state index contributed by atoms with van der Waals surface area (Å²) >= 11 is 3.40. The van der Waals surface area contributed by atoms with Crippen LogP contribution in [0.5, 0.6) is 11.6 Å². The SMILES string of the molecule is O=c1[nH]c(/C=C/c2ccc(OCc3ccc(F)cc3)c(Br)c2)nc(O)c1[N+](=O)[O-]. The molecule has 0 aliphatic carbocycles. The van der Waals surface area contributed by atoms with E-state index < -0.39 is 22.0 Å². The van der Waals surface area contributed by atoms with Gasteiger partial charge in [-0.25, -0.2) is 4.39 Å². The summed E-state index contributed by atoms with van der Waals surface area (Å²) in [4.78, 5) is 27.1. The van der Waals surface area contributed by atoms with Crippen molar-refractivity contribution in [2.75, 3.05) is 0 Å². The molecule has 0 radical (unpaired) electrons. The van der Waals surface area contributed by atoms with E-state index in [0.717, 1.165) is 5.56 Å². The molecule has 8 nitrogen and oxygen atoms in total. The van der Waals surface area contributed by atoms with Crippen molar-refractivity contribution in [3.63, 3.8) is 0 Å². The average Bonchev–Trinajstić information content (AvgIpc) is 2.66. The Morgan fingerprint density at radius 2 is 1.97 bits per heavy atom. The van der Waals surface area contributed by atoms with E-state index in [9.17, 15) is 24.4 Å². The molecule has 0 spiro atoms. The zero-order valence-corrected chi connectivity index (χ0v) is 16.2. The van der Waals surface area contributed by atoms with E-state index in [1.165, 1.54) is 18.2 Å². The molecule has 0 aliphatic rings. The fourth-order valence-corrected chi connectivity index (χ4v) is 2.88. The summed E-state index contributed by atoms with van der Waals surface area (Å²) in [5.74, 6) is -0.732. The van der Waals surface area contributed by atoms with E-state index in [0.29, 0.717) is 15.8 Å². The summed E-state index contributed by atoms with van der Waals surface area (Å²) in [5, 5.41) is 20.2. The first-order valence-electron chi connectivity index (χ1n) is 8.16. The van der Waals surface area contributed by atoms with Gasteiger partial charge >= 0.3 is 11.2 Å². The summed E-state index contributed by atoms with van der Waals surface area (Å²) < 4.78 is 19.3. The second-order valence-corrected chi connectivity index (χ2v) is 6.67. The number of nitrogens with one attached hydrogen (secondary N) is 1. The van der Waals surface area contributed by atoms with Crippen molar-refractivity contribution < 1.29 is 19.2 Å². The number of aromatic hydroxyl groups is 1. The van der Waals surface area contributed by atoms with Gasteiger partial charge in [0.25, 0.3) is 5.88 Å². The van der Waals surface area contributed by atoms with Crippen LogP contribution in [0, 0.1) is 15.9 Å². The van der Waals surface area contributed by atoms with Crippen molar-refractivity contribution in [1.29, 1.82) is 0 Å². The van der Waals surface area contributed by atoms with Crippen LogP contribution in [0.25, 0.3) is 12.2 Å². The maximum Gasteiger partial charge on any atom is 0.395 e. The van der Waals surface area contributed by atoms with Gasteiger partial charge in [0.15, 0.2) is 0 Å². The van der Waals surface area contributed by atoms with E-state index in [1.807, 2.05) is 0 Å². The molecule has 29 heavy (non-hydrogen) atoms. The molecule has 0 atom stereocenters. The summed E-state index contributed by atoms with van der Waals surface area (Å²) in [5.41, 5.74) is -0.526. The van der Waals surface area contributed by atoms with E-state index in [4.69, 9.17) is 4.74 Å². The van der Waals surface area contributed by atoms with Crippen LogP contribution >= 0.6 is 15.9 Å². The number of nitrogens with zero attached hydrogens (tertiary/aromatic N) is 2. The number of halogens is 2. The molecule has 1 heterocycles. The Morgan fingerprint density at radius 1 is 1.24 bits per heavy atom. The third kappa shape index (κ3) is 5.05. The molecule has 2 N–H and O–H groups in total. The fraction of sp³-hybridized carbons (Fsp3) is 0.0526. The zero-order chi connectivity index (χ0) is 21.0. The summed E-state index contributed by atoms with van der Waals surface area (Å²) in [6.07, 6.45) is 2.99. The van der Waals surface area contributed by atoms with Gasteiger partial charge in [-0.15, -0.1) is 0 Å². The number of nitro groups is 1. The van der Waals surface area contributed by atoms with Gasteiger partial charge in [0, 0.05) is 0 Å². The molecule has 10 heteroatoms. The summed E-state index contributed by atoms with van der Waals surface area (Å²) in [6, 6.07) is 11.2. The average molecular weight is 462 g/mol. The quantitative estimate of drug-likeness (QED) is 0.422. The molecular formula is C19H13BrFN3O5. The molecule has 1 aromatic heterocycles. The van der Waals surface area contributed by atoms with Crippen molar-refractivity contribution in [1.82, 2.24) is 9.97 Å². The van der Waals surface area contributed by atoms with Crippen molar-refractivity contribution in [2.24, 2.45) is 0 Å². The van der Waals surface area contributed by atoms with Gasteiger partial charge < -0.3 is 14.8 Å². The Labute approximate surface area is 171 Å². The van der Waals surface area contributed by atoms with Crippen molar-refractivity contribution in [3.8, 4) is 11.6 Å². The Kier molecular flexibility index (Phi) is 6.03. The number of hydrogen-bond donors (Lipinski definition) is 2. The topological polar surface area (TPSA) is 118 Å². The van der Waals surface area contributed by atoms with Crippen LogP contribution in [0.1, 0.15) is 17.0 Å². The number of aromatic nitrogens is 2. The van der Waals surface area contributed by atoms with E-state index in [2.05, 4.69) is 25.9 Å². The van der Waals surface area contributed by atoms with Crippen LogP contribution in [-0.2, 0) is 6.61 Å². The highest BCUT2D eigenvalue weighted by Gasteiger charge is 2.21. The van der Waals surface area contributed by atoms with Gasteiger partial charge in [0.2, 0.25) is 0 Å². The number of hydrogen-bond acceptors (Lipinski definition) is 6. The largest absolute Gasteiger partial charge is 0.488 e. The molecule has 0 aliphatic heterocycles. The number of H-pyrrole nitrogens is 1. The highest BCUT2D eigenvalue weighted by atomic mass is 79.9. The van der Waals surface area contributed by atoms with Gasteiger partial charge in [-0.1, -0.05) is 24.3 Å². The Morgan fingerprint density at radius 3 is 2.59 bits per heavy atom. The third-order valence-electron chi connectivity index (χ3n) is 3.77. The molecular weight excluding hydrogens is 449 g/mol. The zero-order valence-electron chi connectivity index (χ0n) is 14.6. The Bertz CT molecular complexity index is 1150. The number of ether oxygens (including phenoxy) is 1. The molecule has 0 amide bonds. The van der Waals surface area contributed by atoms with Gasteiger partial charge in [0.1, 0.15) is 24.0 Å². The molecule has 3 aromatic rings. The van der Waals surface area contributed by atoms with E-state index >= 15 is 0 Å². The van der Waals surface area contributed by atoms with Crippen LogP contribution in [0.3, 0.4) is 0 Å². The normalized spacial score (nSPS) is 11.0. The third-order valence-corrected chi connectivity index (χ3v) is 4.39. The number of benzene rings is 2. The van der Waals surface area contributed by atoms with Gasteiger partial charge in [-0.2, -0.15) is 4.98 Å². The van der Waals surface area contributed by atoms with Gasteiger partial charge in [0.05, 0.1) is 9.40 Å². The predicted octanol–water partition coefficient (Wildman–Crippen LogP) is 4.03. The number of rotatable bonds is 6. The standard InChI is InChI=1S/C19H13BrFN3O5/c20-14-9-11(3-7-15(14)29-10-12-1-5-13(21)6-2-12)4-8-16-22-18(25)17(24(27)28)19(26)23-16/h1-9H,10H2,(H2,22,23,25,26)/b8-4+. The Balaban J connectivity index is 1.72. The van der Waals surface area contributed by atoms with Crippen LogP contribution < -0.4 is 10.3 Å². The molecule has 0 unspecified atom stereocenters. The minimum atomic E-state index is -1.05. The van der Waals surface area contributed by atoms with Crippen LogP contribution in [0.15, 0.2) is 51.7 Å². The second kappa shape index (κ2) is 8.65. The molecule has 0 saturated heterocycles. The first kappa shape index (κ1) is 20.2. The molecule has 2 aromatic carbocycles. The van der Waals surface area contributed by atoms with Gasteiger partial charge in [-0.3, -0.25) is 14.9 Å². The first-order chi connectivity index (χ1) is 13.8. The van der Waals surface area contributed by atoms with Crippen molar-refractivity contribution in [2.45, 2.75) is 6.61 Å². The molecule has 0 saturated carbocycles. The minimum absolute atomic E-state index is 0.0362. The maximum absolute atomic E-state index is 12.9. The lowest BCUT2D eigenvalue weighted by molar-refractivity contribution is -0.387. The lowest BCUT2D eigenvalue weighted by Crippen LogP contribution is -2.14. The molecule has 0 bridgehead atoms. The van der Waals surface area contributed by atoms with Crippen molar-refractivity contribution >= 4 is 33.8 Å². The van der Waals surface area contributed by atoms with Crippen LogP contribution in [0.4, 0.5) is 10.1 Å². The number of aromatic amines is 1. The fourth-order valence-electron chi connectivity index (χ4n) is 2.37. The summed E-state index contributed by atoms with van der Waals surface area (Å²) in [6.45, 7) is 0.265. The van der Waals surface area contributed by atoms with Crippen LogP contribution in [0.2, 0.25) is 0 Å². The smallest absolute Gasteiger partial charge is 0.395 e. The predicted molar refractivity (Wildman–Crippen MR) is 107 cm³/mol. The highest BCUT2D eigenvalue weighted by molar-refractivity contribution is 9.10. The Hall–Kier alpha value is -3.53.